The molecule has 0 heterocycles. The Morgan fingerprint density at radius 3 is 1.06 bits per heavy atom. The predicted molar refractivity (Wildman–Crippen MR) is 307 cm³/mol. The third-order valence-electron chi connectivity index (χ3n) is 12.2. The molecule has 0 bridgehead atoms. The Hall–Kier alpha value is -2.75. The zero-order valence-corrected chi connectivity index (χ0v) is 49.7. The first kappa shape index (κ1) is 74.2. The monoisotopic (exact) mass is 1130 g/mol. The van der Waals surface area contributed by atoms with Crippen molar-refractivity contribution in [2.45, 2.75) is 257 Å². The zero-order chi connectivity index (χ0) is 56.8. The number of allylic oxidation sites excluding steroid dienone is 10. The van der Waals surface area contributed by atoms with Crippen LogP contribution in [0.2, 0.25) is 0 Å². The largest absolute Gasteiger partial charge is 0.472 e. The smallest absolute Gasteiger partial charge is 0.463 e. The molecule has 0 spiro atoms. The number of unbranched alkanes of at least 4 members (excludes halogenated alkanes) is 23. The summed E-state index contributed by atoms with van der Waals surface area (Å²) in [7, 11) is -9.76. The van der Waals surface area contributed by atoms with E-state index in [1.54, 1.807) is 0 Å². The van der Waals surface area contributed by atoms with Gasteiger partial charge in [-0.25, -0.2) is 9.13 Å². The molecule has 0 aromatic rings. The minimum atomic E-state index is -4.91. The molecule has 448 valence electrons. The first-order valence-electron chi connectivity index (χ1n) is 29.6. The third kappa shape index (κ3) is 55.0. The molecule has 0 aliphatic carbocycles. The van der Waals surface area contributed by atoms with Crippen LogP contribution in [0.5, 0.6) is 0 Å². The van der Waals surface area contributed by atoms with Crippen LogP contribution in [-0.4, -0.2) is 95.9 Å². The highest BCUT2D eigenvalue weighted by Crippen LogP contribution is 2.45. The van der Waals surface area contributed by atoms with Crippen molar-refractivity contribution in [2.75, 3.05) is 39.6 Å². The fourth-order valence-electron chi connectivity index (χ4n) is 7.55. The van der Waals surface area contributed by atoms with Crippen molar-refractivity contribution < 1.29 is 75.8 Å². The van der Waals surface area contributed by atoms with E-state index in [-0.39, 0.29) is 19.3 Å². The number of carbonyl (C=O) groups is 3. The summed E-state index contributed by atoms with van der Waals surface area (Å²) in [5.74, 6) is -1.61. The van der Waals surface area contributed by atoms with Crippen molar-refractivity contribution in [1.82, 2.24) is 0 Å². The van der Waals surface area contributed by atoms with Crippen molar-refractivity contribution in [1.29, 1.82) is 0 Å². The average Bonchev–Trinajstić information content (AvgIpc) is 3.40. The number of ether oxygens (including phenoxy) is 3. The molecular formula is C59H106O16P2. The Labute approximate surface area is 465 Å². The lowest BCUT2D eigenvalue weighted by Gasteiger charge is -2.21. The van der Waals surface area contributed by atoms with E-state index in [0.717, 1.165) is 128 Å². The minimum Gasteiger partial charge on any atom is -0.463 e. The molecule has 0 fully saturated rings. The van der Waals surface area contributed by atoms with Crippen molar-refractivity contribution >= 4 is 33.6 Å². The summed E-state index contributed by atoms with van der Waals surface area (Å²) in [6, 6.07) is 0. The zero-order valence-electron chi connectivity index (χ0n) is 47.9. The van der Waals surface area contributed by atoms with Crippen LogP contribution in [0.1, 0.15) is 239 Å². The number of aliphatic hydroxyl groups is 2. The molecule has 0 aliphatic rings. The molecule has 0 saturated heterocycles. The van der Waals surface area contributed by atoms with Gasteiger partial charge in [0.15, 0.2) is 6.10 Å². The van der Waals surface area contributed by atoms with E-state index >= 15 is 0 Å². The topological polar surface area (TPSA) is 231 Å². The molecular weight excluding hydrogens is 1030 g/mol. The molecule has 5 atom stereocenters. The predicted octanol–water partition coefficient (Wildman–Crippen LogP) is 15.1. The molecule has 0 saturated carbocycles. The summed E-state index contributed by atoms with van der Waals surface area (Å²) < 4.78 is 60.5. The van der Waals surface area contributed by atoms with Crippen LogP contribution < -0.4 is 0 Å². The second-order valence-electron chi connectivity index (χ2n) is 19.8. The molecule has 0 radical (unpaired) electrons. The van der Waals surface area contributed by atoms with Crippen molar-refractivity contribution in [3.8, 4) is 0 Å². The number of hydrogen-bond acceptors (Lipinski definition) is 14. The second-order valence-corrected chi connectivity index (χ2v) is 22.7. The van der Waals surface area contributed by atoms with E-state index in [4.69, 9.17) is 32.3 Å². The Morgan fingerprint density at radius 1 is 0.364 bits per heavy atom. The molecule has 18 heteroatoms. The summed E-state index contributed by atoms with van der Waals surface area (Å²) in [6.45, 7) is 2.51. The van der Waals surface area contributed by atoms with Crippen LogP contribution >= 0.6 is 15.6 Å². The number of aliphatic hydroxyl groups excluding tert-OH is 2. The Morgan fingerprint density at radius 2 is 0.662 bits per heavy atom. The van der Waals surface area contributed by atoms with E-state index in [2.05, 4.69) is 81.5 Å². The first-order chi connectivity index (χ1) is 37.2. The van der Waals surface area contributed by atoms with Crippen LogP contribution in [0.25, 0.3) is 0 Å². The fourth-order valence-corrected chi connectivity index (χ4v) is 9.14. The summed E-state index contributed by atoms with van der Waals surface area (Å²) in [6.07, 6.45) is 50.1. The standard InChI is InChI=1S/C59H106O16P2/c1-4-7-10-13-16-19-22-24-26-28-31-33-36-39-42-45-57(62)69-48-54(60)49-71-76(65,66)72-50-55(61)51-73-77(67,68)74-53-56(75-59(64)47-44-41-38-35-30-21-18-15-12-9-6-3)52-70-58(63)46-43-40-37-34-32-29-27-25-23-20-17-14-11-8-5-2/h15-20,24-27,54-56,60-61H,4-14,21-23,28-53H2,1-3H3,(H,65,66)(H,67,68)/b18-15-,19-16-,20-17-,26-24-,27-25-. The number of esters is 3. The maximum absolute atomic E-state index is 12.8. The van der Waals surface area contributed by atoms with E-state index in [1.807, 2.05) is 0 Å². The van der Waals surface area contributed by atoms with Crippen LogP contribution in [-0.2, 0) is 55.8 Å². The van der Waals surface area contributed by atoms with Gasteiger partial charge in [-0.2, -0.15) is 0 Å². The van der Waals surface area contributed by atoms with Gasteiger partial charge in [-0.05, 0) is 103 Å². The van der Waals surface area contributed by atoms with Gasteiger partial charge in [-0.1, -0.05) is 178 Å². The van der Waals surface area contributed by atoms with Gasteiger partial charge in [0.25, 0.3) is 0 Å². The van der Waals surface area contributed by atoms with Gasteiger partial charge in [-0.3, -0.25) is 32.5 Å². The van der Waals surface area contributed by atoms with Gasteiger partial charge in [0.2, 0.25) is 0 Å². The minimum absolute atomic E-state index is 0.0921. The van der Waals surface area contributed by atoms with Crippen LogP contribution in [0.3, 0.4) is 0 Å². The molecule has 0 aliphatic heterocycles. The summed E-state index contributed by atoms with van der Waals surface area (Å²) in [5.41, 5.74) is 0. The molecule has 0 aromatic carbocycles. The molecule has 16 nitrogen and oxygen atoms in total. The number of rotatable bonds is 56. The average molecular weight is 1130 g/mol. The summed E-state index contributed by atoms with van der Waals surface area (Å²) in [5, 5.41) is 20.4. The molecule has 5 unspecified atom stereocenters. The highest BCUT2D eigenvalue weighted by molar-refractivity contribution is 7.47. The molecule has 77 heavy (non-hydrogen) atoms. The first-order valence-corrected chi connectivity index (χ1v) is 32.6. The second kappa shape index (κ2) is 53.9. The molecule has 0 amide bonds. The number of phosphoric ester groups is 2. The van der Waals surface area contributed by atoms with E-state index in [1.165, 1.54) is 51.4 Å². The van der Waals surface area contributed by atoms with Gasteiger partial charge in [0, 0.05) is 19.3 Å². The summed E-state index contributed by atoms with van der Waals surface area (Å²) >= 11 is 0. The van der Waals surface area contributed by atoms with E-state index in [9.17, 15) is 43.5 Å². The lowest BCUT2D eigenvalue weighted by Crippen LogP contribution is -2.30. The molecule has 0 rings (SSSR count). The Balaban J connectivity index is 4.69. The summed E-state index contributed by atoms with van der Waals surface area (Å²) in [4.78, 5) is 58.0. The van der Waals surface area contributed by atoms with Gasteiger partial charge in [-0.15, -0.1) is 0 Å². The van der Waals surface area contributed by atoms with Gasteiger partial charge in [0.1, 0.15) is 25.4 Å². The van der Waals surface area contributed by atoms with Gasteiger partial charge in [0.05, 0.1) is 26.4 Å². The number of carbonyl (C=O) groups excluding carboxylic acids is 3. The Bertz CT molecular complexity index is 1670. The highest BCUT2D eigenvalue weighted by atomic mass is 31.2. The van der Waals surface area contributed by atoms with Crippen LogP contribution in [0.15, 0.2) is 60.8 Å². The van der Waals surface area contributed by atoms with Crippen LogP contribution in [0.4, 0.5) is 0 Å². The van der Waals surface area contributed by atoms with Crippen molar-refractivity contribution in [3.63, 3.8) is 0 Å². The number of hydrogen-bond donors (Lipinski definition) is 4. The Kier molecular flexibility index (Phi) is 51.9. The van der Waals surface area contributed by atoms with Crippen molar-refractivity contribution in [3.05, 3.63) is 60.8 Å². The quantitative estimate of drug-likeness (QED) is 0.0146. The third-order valence-corrected chi connectivity index (χ3v) is 14.1. The lowest BCUT2D eigenvalue weighted by molar-refractivity contribution is -0.161. The normalized spacial score (nSPS) is 14.9. The lowest BCUT2D eigenvalue weighted by atomic mass is 10.1. The van der Waals surface area contributed by atoms with E-state index in [0.29, 0.717) is 19.3 Å². The van der Waals surface area contributed by atoms with Gasteiger partial charge >= 0.3 is 33.6 Å². The SMILES string of the molecule is CCCC/C=C\CCCCCCCC(=O)OC(COC(=O)CCCCCCC/C=C\C/C=C\CCCCC)COP(=O)(O)OCC(O)COP(=O)(O)OCC(O)COC(=O)CCCCCCC/C=C\C/C=C\CCCCC. The van der Waals surface area contributed by atoms with Crippen molar-refractivity contribution in [2.24, 2.45) is 0 Å². The van der Waals surface area contributed by atoms with Crippen LogP contribution in [0, 0.1) is 0 Å². The number of phosphoric acid groups is 2. The fraction of sp³-hybridized carbons (Fsp3) is 0.780. The molecule has 0 aromatic heterocycles. The maximum atomic E-state index is 12.8. The maximum Gasteiger partial charge on any atom is 0.472 e. The van der Waals surface area contributed by atoms with Gasteiger partial charge < -0.3 is 34.2 Å². The highest BCUT2D eigenvalue weighted by Gasteiger charge is 2.29. The molecule has 4 N–H and O–H groups in total. The van der Waals surface area contributed by atoms with E-state index < -0.39 is 91.5 Å².